The van der Waals surface area contributed by atoms with Gasteiger partial charge in [0.2, 0.25) is 0 Å². The molecule has 0 N–H and O–H groups in total. The topological polar surface area (TPSA) is 52.6 Å². The standard InChI is InChI=1S/C10H15ClO4/c1-8(7-15-10(11)13)5-3-4-6-9(12)14-2/h1,3-7H2,2H3. The average molecular weight is 235 g/mol. The molecule has 0 saturated heterocycles. The third-order valence-corrected chi connectivity index (χ3v) is 1.89. The first-order chi connectivity index (χ1) is 7.06. The second-order valence-electron chi connectivity index (χ2n) is 3.06. The fourth-order valence-electron chi connectivity index (χ4n) is 0.977. The lowest BCUT2D eigenvalue weighted by Crippen LogP contribution is -2.01. The smallest absolute Gasteiger partial charge is 0.404 e. The SMILES string of the molecule is C=C(CCCCC(=O)OC)COC(=O)Cl. The van der Waals surface area contributed by atoms with Crippen molar-refractivity contribution >= 4 is 23.0 Å². The van der Waals surface area contributed by atoms with Crippen LogP contribution in [0.2, 0.25) is 0 Å². The summed E-state index contributed by atoms with van der Waals surface area (Å²) >= 11 is 4.98. The number of hydrogen-bond acceptors (Lipinski definition) is 4. The molecule has 0 atom stereocenters. The predicted octanol–water partition coefficient (Wildman–Crippen LogP) is 2.65. The molecule has 0 unspecified atom stereocenters. The van der Waals surface area contributed by atoms with Crippen molar-refractivity contribution in [2.75, 3.05) is 13.7 Å². The van der Waals surface area contributed by atoms with Gasteiger partial charge in [0.15, 0.2) is 0 Å². The first-order valence-electron chi connectivity index (χ1n) is 4.62. The van der Waals surface area contributed by atoms with E-state index < -0.39 is 5.43 Å². The summed E-state index contributed by atoms with van der Waals surface area (Å²) in [5, 5.41) is 0. The number of esters is 1. The van der Waals surface area contributed by atoms with Gasteiger partial charge in [0, 0.05) is 18.0 Å². The zero-order valence-electron chi connectivity index (χ0n) is 8.75. The Morgan fingerprint density at radius 1 is 1.27 bits per heavy atom. The summed E-state index contributed by atoms with van der Waals surface area (Å²) in [6.07, 6.45) is 2.66. The molecule has 0 saturated carbocycles. The van der Waals surface area contributed by atoms with E-state index >= 15 is 0 Å². The second kappa shape index (κ2) is 8.29. The Bertz CT molecular complexity index is 238. The van der Waals surface area contributed by atoms with Crippen molar-refractivity contribution in [1.29, 1.82) is 0 Å². The minimum atomic E-state index is -0.828. The van der Waals surface area contributed by atoms with E-state index in [1.807, 2.05) is 0 Å². The summed E-state index contributed by atoms with van der Waals surface area (Å²) in [6.45, 7) is 3.85. The van der Waals surface area contributed by atoms with Crippen LogP contribution < -0.4 is 0 Å². The highest BCUT2D eigenvalue weighted by atomic mass is 35.5. The summed E-state index contributed by atoms with van der Waals surface area (Å²) in [4.78, 5) is 21.0. The molecule has 0 radical (unpaired) electrons. The molecule has 0 amide bonds. The summed E-state index contributed by atoms with van der Waals surface area (Å²) < 4.78 is 9.03. The number of methoxy groups -OCH3 is 1. The van der Waals surface area contributed by atoms with E-state index in [9.17, 15) is 9.59 Å². The maximum atomic E-state index is 10.7. The van der Waals surface area contributed by atoms with Crippen molar-refractivity contribution in [3.05, 3.63) is 12.2 Å². The Balaban J connectivity index is 3.39. The van der Waals surface area contributed by atoms with Crippen LogP contribution in [0.1, 0.15) is 25.7 Å². The fraction of sp³-hybridized carbons (Fsp3) is 0.600. The van der Waals surface area contributed by atoms with Gasteiger partial charge < -0.3 is 9.47 Å². The summed E-state index contributed by atoms with van der Waals surface area (Å²) in [7, 11) is 1.36. The van der Waals surface area contributed by atoms with E-state index in [1.54, 1.807) is 0 Å². The zero-order valence-corrected chi connectivity index (χ0v) is 9.51. The van der Waals surface area contributed by atoms with Crippen molar-refractivity contribution in [3.8, 4) is 0 Å². The van der Waals surface area contributed by atoms with Crippen molar-refractivity contribution in [3.63, 3.8) is 0 Å². The van der Waals surface area contributed by atoms with Crippen LogP contribution in [0.25, 0.3) is 0 Å². The molecule has 0 aromatic heterocycles. The van der Waals surface area contributed by atoms with E-state index in [0.29, 0.717) is 12.8 Å². The molecule has 15 heavy (non-hydrogen) atoms. The van der Waals surface area contributed by atoms with Gasteiger partial charge in [-0.25, -0.2) is 4.79 Å². The van der Waals surface area contributed by atoms with Gasteiger partial charge in [-0.15, -0.1) is 0 Å². The first kappa shape index (κ1) is 14.0. The molecule has 0 aliphatic rings. The molecule has 0 aliphatic heterocycles. The molecule has 0 bridgehead atoms. The van der Waals surface area contributed by atoms with Crippen molar-refractivity contribution < 1.29 is 19.1 Å². The molecule has 4 nitrogen and oxygen atoms in total. The van der Waals surface area contributed by atoms with Crippen LogP contribution in [0.4, 0.5) is 4.79 Å². The van der Waals surface area contributed by atoms with Gasteiger partial charge in [-0.1, -0.05) is 6.58 Å². The van der Waals surface area contributed by atoms with E-state index in [0.717, 1.165) is 18.4 Å². The number of carbonyl (C=O) groups excluding carboxylic acids is 2. The number of halogens is 1. The van der Waals surface area contributed by atoms with Gasteiger partial charge in [-0.05, 0) is 24.8 Å². The van der Waals surface area contributed by atoms with Crippen molar-refractivity contribution in [2.24, 2.45) is 0 Å². The molecule has 0 heterocycles. The Morgan fingerprint density at radius 3 is 2.40 bits per heavy atom. The van der Waals surface area contributed by atoms with Gasteiger partial charge >= 0.3 is 11.4 Å². The maximum Gasteiger partial charge on any atom is 0.404 e. The number of ether oxygens (including phenoxy) is 2. The Kier molecular flexibility index (Phi) is 7.72. The first-order valence-corrected chi connectivity index (χ1v) is 4.99. The second-order valence-corrected chi connectivity index (χ2v) is 3.37. The van der Waals surface area contributed by atoms with E-state index in [4.69, 9.17) is 11.6 Å². The minimum absolute atomic E-state index is 0.139. The Labute approximate surface area is 94.2 Å². The fourth-order valence-corrected chi connectivity index (χ4v) is 1.03. The molecule has 0 rings (SSSR count). The van der Waals surface area contributed by atoms with Crippen molar-refractivity contribution in [2.45, 2.75) is 25.7 Å². The zero-order chi connectivity index (χ0) is 11.7. The largest absolute Gasteiger partial charge is 0.469 e. The number of unbranched alkanes of at least 4 members (excludes halogenated alkanes) is 1. The molecule has 0 aromatic rings. The van der Waals surface area contributed by atoms with Gasteiger partial charge in [-0.2, -0.15) is 0 Å². The summed E-state index contributed by atoms with van der Waals surface area (Å²) in [5.41, 5.74) is -0.0421. The molecule has 0 aromatic carbocycles. The normalized spacial score (nSPS) is 9.47. The lowest BCUT2D eigenvalue weighted by Gasteiger charge is -2.04. The quantitative estimate of drug-likeness (QED) is 0.294. The monoisotopic (exact) mass is 234 g/mol. The lowest BCUT2D eigenvalue weighted by molar-refractivity contribution is -0.140. The van der Waals surface area contributed by atoms with E-state index in [1.165, 1.54) is 7.11 Å². The van der Waals surface area contributed by atoms with Crippen LogP contribution in [0.3, 0.4) is 0 Å². The molecule has 86 valence electrons. The van der Waals surface area contributed by atoms with Crippen LogP contribution in [-0.4, -0.2) is 25.1 Å². The van der Waals surface area contributed by atoms with Gasteiger partial charge in [0.05, 0.1) is 7.11 Å². The van der Waals surface area contributed by atoms with Gasteiger partial charge in [0.25, 0.3) is 0 Å². The van der Waals surface area contributed by atoms with Crippen molar-refractivity contribution in [1.82, 2.24) is 0 Å². The molecule has 0 spiro atoms. The third-order valence-electron chi connectivity index (χ3n) is 1.78. The summed E-state index contributed by atoms with van der Waals surface area (Å²) in [5.74, 6) is -0.215. The van der Waals surface area contributed by atoms with Crippen LogP contribution in [0, 0.1) is 0 Å². The van der Waals surface area contributed by atoms with Crippen LogP contribution in [0.5, 0.6) is 0 Å². The number of hydrogen-bond donors (Lipinski definition) is 0. The highest BCUT2D eigenvalue weighted by Crippen LogP contribution is 2.08. The van der Waals surface area contributed by atoms with Crippen LogP contribution in [-0.2, 0) is 14.3 Å². The minimum Gasteiger partial charge on any atom is -0.469 e. The van der Waals surface area contributed by atoms with Gasteiger partial charge in [-0.3, -0.25) is 4.79 Å². The lowest BCUT2D eigenvalue weighted by atomic mass is 10.1. The van der Waals surface area contributed by atoms with E-state index in [2.05, 4.69) is 16.1 Å². The van der Waals surface area contributed by atoms with E-state index in [-0.39, 0.29) is 12.6 Å². The highest BCUT2D eigenvalue weighted by molar-refractivity contribution is 6.61. The Morgan fingerprint density at radius 2 is 1.87 bits per heavy atom. The molecular weight excluding hydrogens is 220 g/mol. The van der Waals surface area contributed by atoms with Crippen LogP contribution in [0.15, 0.2) is 12.2 Å². The molecule has 0 aliphatic carbocycles. The predicted molar refractivity (Wildman–Crippen MR) is 56.8 cm³/mol. The summed E-state index contributed by atoms with van der Waals surface area (Å²) in [6, 6.07) is 0. The molecule has 0 fully saturated rings. The average Bonchev–Trinajstić information content (AvgIpc) is 2.21. The molecular formula is C10H15ClO4. The maximum absolute atomic E-state index is 10.7. The molecule has 5 heteroatoms. The van der Waals surface area contributed by atoms with Gasteiger partial charge in [0.1, 0.15) is 6.61 Å². The van der Waals surface area contributed by atoms with Crippen LogP contribution >= 0.6 is 11.6 Å². The highest BCUT2D eigenvalue weighted by Gasteiger charge is 2.02. The third kappa shape index (κ3) is 9.28. The number of rotatable bonds is 7. The number of carbonyl (C=O) groups is 2. The Hall–Kier alpha value is -1.03.